The fraction of sp³-hybridized carbons (Fsp3) is 0.609. The van der Waals surface area contributed by atoms with Crippen LogP contribution in [0.3, 0.4) is 0 Å². The number of anilines is 1. The zero-order chi connectivity index (χ0) is 22.1. The zero-order valence-electron chi connectivity index (χ0n) is 18.7. The maximum Gasteiger partial charge on any atom is 0.410 e. The Morgan fingerprint density at radius 2 is 1.73 bits per heavy atom. The van der Waals surface area contributed by atoms with Gasteiger partial charge in [0.25, 0.3) is 5.91 Å². The lowest BCUT2D eigenvalue weighted by Crippen LogP contribution is -2.39. The fourth-order valence-corrected chi connectivity index (χ4v) is 4.28. The Balaban J connectivity index is 1.84. The maximum absolute atomic E-state index is 12.7. The summed E-state index contributed by atoms with van der Waals surface area (Å²) in [7, 11) is 0. The number of carbonyl (C=O) groups is 3. The van der Waals surface area contributed by atoms with Crippen LogP contribution in [0.25, 0.3) is 0 Å². The van der Waals surface area contributed by atoms with E-state index in [0.717, 1.165) is 42.5 Å². The Morgan fingerprint density at radius 1 is 1.03 bits per heavy atom. The first-order valence-electron chi connectivity index (χ1n) is 10.6. The first-order chi connectivity index (χ1) is 14.1. The molecule has 2 aliphatic rings. The summed E-state index contributed by atoms with van der Waals surface area (Å²) >= 11 is 0. The van der Waals surface area contributed by atoms with Crippen molar-refractivity contribution in [2.75, 3.05) is 31.1 Å². The van der Waals surface area contributed by atoms with Crippen LogP contribution in [-0.2, 0) is 38.3 Å². The molecule has 3 rings (SSSR count). The Bertz CT molecular complexity index is 856. The molecule has 0 unspecified atom stereocenters. The summed E-state index contributed by atoms with van der Waals surface area (Å²) in [5, 5.41) is 0. The third kappa shape index (κ3) is 4.94. The summed E-state index contributed by atoms with van der Waals surface area (Å²) in [5.74, 6) is -0.653. The molecule has 7 nitrogen and oxygen atoms in total. The van der Waals surface area contributed by atoms with Crippen LogP contribution < -0.4 is 4.90 Å². The highest BCUT2D eigenvalue weighted by Crippen LogP contribution is 2.36. The van der Waals surface area contributed by atoms with Gasteiger partial charge in [0.15, 0.2) is 6.61 Å². The van der Waals surface area contributed by atoms with Crippen LogP contribution in [0, 0.1) is 6.92 Å². The van der Waals surface area contributed by atoms with Crippen molar-refractivity contribution in [2.45, 2.75) is 65.9 Å². The van der Waals surface area contributed by atoms with E-state index < -0.39 is 11.6 Å². The average molecular weight is 417 g/mol. The number of carbonyl (C=O) groups excluding carboxylic acids is 3. The molecule has 0 aromatic heterocycles. The van der Waals surface area contributed by atoms with E-state index in [1.807, 2.05) is 20.8 Å². The van der Waals surface area contributed by atoms with Gasteiger partial charge in [-0.1, -0.05) is 6.07 Å². The standard InChI is InChI=1S/C23H32N2O5/c1-15-19-9-12-24(22(28)30-23(3,4)5)11-8-17(19)13-18-7-6-10-25(21(15)18)20(27)14-29-16(2)26/h13H,6-12,14H2,1-5H3. The number of fused-ring (bicyclic) bond motifs is 2. The Morgan fingerprint density at radius 3 is 2.40 bits per heavy atom. The van der Waals surface area contributed by atoms with E-state index in [4.69, 9.17) is 9.47 Å². The molecule has 1 aromatic carbocycles. The van der Waals surface area contributed by atoms with Crippen molar-refractivity contribution in [1.82, 2.24) is 4.90 Å². The number of aryl methyl sites for hydroxylation is 1. The summed E-state index contributed by atoms with van der Waals surface area (Å²) in [5.41, 5.74) is 5.11. The van der Waals surface area contributed by atoms with E-state index >= 15 is 0 Å². The molecule has 0 radical (unpaired) electrons. The van der Waals surface area contributed by atoms with Crippen LogP contribution in [0.2, 0.25) is 0 Å². The Labute approximate surface area is 178 Å². The summed E-state index contributed by atoms with van der Waals surface area (Å²) in [6.45, 7) is 10.6. The van der Waals surface area contributed by atoms with Gasteiger partial charge in [0.1, 0.15) is 5.60 Å². The first kappa shape index (κ1) is 22.1. The molecule has 7 heteroatoms. The van der Waals surface area contributed by atoms with Crippen LogP contribution in [0.5, 0.6) is 0 Å². The second-order valence-electron chi connectivity index (χ2n) is 9.04. The maximum atomic E-state index is 12.7. The minimum absolute atomic E-state index is 0.196. The molecule has 0 aliphatic carbocycles. The van der Waals surface area contributed by atoms with Gasteiger partial charge in [0, 0.05) is 26.6 Å². The van der Waals surface area contributed by atoms with Crippen molar-refractivity contribution in [3.63, 3.8) is 0 Å². The third-order valence-electron chi connectivity index (χ3n) is 5.58. The van der Waals surface area contributed by atoms with Crippen molar-refractivity contribution in [3.8, 4) is 0 Å². The Hall–Kier alpha value is -2.57. The van der Waals surface area contributed by atoms with Gasteiger partial charge in [-0.25, -0.2) is 4.79 Å². The summed E-state index contributed by atoms with van der Waals surface area (Å²) < 4.78 is 10.5. The van der Waals surface area contributed by atoms with E-state index in [2.05, 4.69) is 13.0 Å². The fourth-order valence-electron chi connectivity index (χ4n) is 4.28. The van der Waals surface area contributed by atoms with Crippen LogP contribution in [0.1, 0.15) is 56.4 Å². The van der Waals surface area contributed by atoms with Crippen LogP contribution in [0.15, 0.2) is 6.07 Å². The third-order valence-corrected chi connectivity index (χ3v) is 5.58. The zero-order valence-corrected chi connectivity index (χ0v) is 18.7. The number of ether oxygens (including phenoxy) is 2. The molecule has 0 bridgehead atoms. The van der Waals surface area contributed by atoms with Crippen molar-refractivity contribution in [1.29, 1.82) is 0 Å². The molecular formula is C23H32N2O5. The number of benzene rings is 1. The van der Waals surface area contributed by atoms with Gasteiger partial charge < -0.3 is 19.3 Å². The molecule has 0 fully saturated rings. The highest BCUT2D eigenvalue weighted by molar-refractivity contribution is 5.97. The quantitative estimate of drug-likeness (QED) is 0.692. The highest BCUT2D eigenvalue weighted by Gasteiger charge is 2.30. The van der Waals surface area contributed by atoms with Crippen molar-refractivity contribution in [3.05, 3.63) is 28.3 Å². The first-order valence-corrected chi connectivity index (χ1v) is 10.6. The van der Waals surface area contributed by atoms with E-state index in [-0.39, 0.29) is 18.6 Å². The van der Waals surface area contributed by atoms with E-state index in [0.29, 0.717) is 19.6 Å². The van der Waals surface area contributed by atoms with E-state index in [1.165, 1.54) is 18.1 Å². The molecule has 0 N–H and O–H groups in total. The largest absolute Gasteiger partial charge is 0.456 e. The minimum Gasteiger partial charge on any atom is -0.456 e. The van der Waals surface area contributed by atoms with Crippen molar-refractivity contribution < 1.29 is 23.9 Å². The SMILES string of the molecule is CC(=O)OCC(=O)N1CCCc2cc3c(c(C)c21)CCN(C(=O)OC(C)(C)C)CC3. The lowest BCUT2D eigenvalue weighted by molar-refractivity contribution is -0.145. The minimum atomic E-state index is -0.520. The monoisotopic (exact) mass is 416 g/mol. The van der Waals surface area contributed by atoms with Crippen molar-refractivity contribution in [2.24, 2.45) is 0 Å². The van der Waals surface area contributed by atoms with Gasteiger partial charge in [0.05, 0.1) is 5.69 Å². The van der Waals surface area contributed by atoms with Crippen LogP contribution >= 0.6 is 0 Å². The van der Waals surface area contributed by atoms with Gasteiger partial charge >= 0.3 is 12.1 Å². The molecule has 0 atom stereocenters. The molecule has 30 heavy (non-hydrogen) atoms. The van der Waals surface area contributed by atoms with Gasteiger partial charge in [-0.3, -0.25) is 9.59 Å². The van der Waals surface area contributed by atoms with Gasteiger partial charge in [-0.05, 0) is 75.6 Å². The molecular weight excluding hydrogens is 384 g/mol. The molecule has 164 valence electrons. The van der Waals surface area contributed by atoms with Crippen LogP contribution in [-0.4, -0.2) is 54.7 Å². The van der Waals surface area contributed by atoms with Gasteiger partial charge in [-0.2, -0.15) is 0 Å². The van der Waals surface area contributed by atoms with Crippen molar-refractivity contribution >= 4 is 23.7 Å². The van der Waals surface area contributed by atoms with Gasteiger partial charge in [0.2, 0.25) is 0 Å². The molecule has 0 saturated heterocycles. The topological polar surface area (TPSA) is 76.2 Å². The summed E-state index contributed by atoms with van der Waals surface area (Å²) in [6, 6.07) is 2.20. The smallest absolute Gasteiger partial charge is 0.410 e. The molecule has 2 aliphatic heterocycles. The van der Waals surface area contributed by atoms with Crippen LogP contribution in [0.4, 0.5) is 10.5 Å². The normalized spacial score (nSPS) is 16.3. The number of rotatable bonds is 2. The predicted octanol–water partition coefficient (Wildman–Crippen LogP) is 3.17. The Kier molecular flexibility index (Phi) is 6.38. The van der Waals surface area contributed by atoms with Gasteiger partial charge in [-0.15, -0.1) is 0 Å². The number of hydrogen-bond donors (Lipinski definition) is 0. The number of nitrogens with zero attached hydrogens (tertiary/aromatic N) is 2. The summed E-state index contributed by atoms with van der Waals surface area (Å²) in [4.78, 5) is 39.9. The highest BCUT2D eigenvalue weighted by atomic mass is 16.6. The molecule has 2 amide bonds. The lowest BCUT2D eigenvalue weighted by atomic mass is 9.89. The van der Waals surface area contributed by atoms with E-state index in [1.54, 1.807) is 9.80 Å². The number of esters is 1. The number of amides is 2. The second kappa shape index (κ2) is 8.66. The van der Waals surface area contributed by atoms with E-state index in [9.17, 15) is 14.4 Å². The number of hydrogen-bond acceptors (Lipinski definition) is 5. The molecule has 2 heterocycles. The molecule has 1 aromatic rings. The summed E-state index contributed by atoms with van der Waals surface area (Å²) in [6.07, 6.45) is 3.00. The molecule has 0 saturated carbocycles. The molecule has 0 spiro atoms. The predicted molar refractivity (Wildman–Crippen MR) is 114 cm³/mol. The second-order valence-corrected chi connectivity index (χ2v) is 9.04. The average Bonchev–Trinajstić information content (AvgIpc) is 2.87. The lowest BCUT2D eigenvalue weighted by Gasteiger charge is -2.32.